The van der Waals surface area contributed by atoms with Crippen molar-refractivity contribution in [1.82, 2.24) is 9.21 Å². The first-order valence-electron chi connectivity index (χ1n) is 12.7. The van der Waals surface area contributed by atoms with E-state index < -0.39 is 10.0 Å². The Kier molecular flexibility index (Phi) is 12.3. The van der Waals surface area contributed by atoms with E-state index in [-0.39, 0.29) is 5.75 Å². The van der Waals surface area contributed by atoms with Crippen LogP contribution in [0, 0.1) is 0 Å². The van der Waals surface area contributed by atoms with Crippen LogP contribution >= 0.6 is 23.5 Å². The number of sulfonamides is 1. The van der Waals surface area contributed by atoms with Crippen molar-refractivity contribution in [3.05, 3.63) is 59.7 Å². The monoisotopic (exact) mass is 552 g/mol. The first-order valence-corrected chi connectivity index (χ1v) is 16.5. The molecule has 1 aliphatic rings. The smallest absolute Gasteiger partial charge is 0.218 e. The molecule has 0 saturated carbocycles. The molecule has 0 atom stereocenters. The van der Waals surface area contributed by atoms with Crippen molar-refractivity contribution in [2.45, 2.75) is 37.0 Å². The maximum atomic E-state index is 12.8. The number of rotatable bonds is 15. The van der Waals surface area contributed by atoms with Crippen LogP contribution in [-0.2, 0) is 15.8 Å². The third-order valence-corrected chi connectivity index (χ3v) is 11.1. The number of benzene rings is 2. The molecule has 0 unspecified atom stereocenters. The van der Waals surface area contributed by atoms with Gasteiger partial charge in [0.05, 0.1) is 17.4 Å². The topological polar surface area (TPSA) is 59.1 Å². The van der Waals surface area contributed by atoms with E-state index in [1.807, 2.05) is 59.9 Å². The van der Waals surface area contributed by atoms with E-state index in [9.17, 15) is 8.42 Å². The SMILES string of the molecule is CCCSC(SCCC)c1ccc(OCCN2CCN(S(=O)(=O)Cc3ccccc3)CC2)c(OC)c1. The number of thioether (sulfide) groups is 2. The molecule has 1 fully saturated rings. The Hall–Kier alpha value is -1.39. The molecule has 9 heteroatoms. The maximum absolute atomic E-state index is 12.8. The Bertz CT molecular complexity index is 1000. The molecule has 0 amide bonds. The van der Waals surface area contributed by atoms with Crippen molar-refractivity contribution >= 4 is 33.5 Å². The molecule has 0 bridgehead atoms. The lowest BCUT2D eigenvalue weighted by Gasteiger charge is -2.33. The fourth-order valence-electron chi connectivity index (χ4n) is 4.03. The predicted molar refractivity (Wildman–Crippen MR) is 154 cm³/mol. The fraction of sp³-hybridized carbons (Fsp3) is 0.556. The Morgan fingerprint density at radius 3 is 2.19 bits per heavy atom. The van der Waals surface area contributed by atoms with Crippen molar-refractivity contribution in [3.63, 3.8) is 0 Å². The van der Waals surface area contributed by atoms with Gasteiger partial charge in [-0.05, 0) is 47.6 Å². The van der Waals surface area contributed by atoms with Gasteiger partial charge in [-0.2, -0.15) is 4.31 Å². The van der Waals surface area contributed by atoms with Crippen LogP contribution in [0.1, 0.15) is 42.4 Å². The van der Waals surface area contributed by atoms with Crippen LogP contribution in [0.3, 0.4) is 0 Å². The molecular weight excluding hydrogens is 513 g/mol. The Balaban J connectivity index is 1.48. The van der Waals surface area contributed by atoms with E-state index in [0.717, 1.165) is 35.1 Å². The van der Waals surface area contributed by atoms with Gasteiger partial charge in [0.15, 0.2) is 11.5 Å². The van der Waals surface area contributed by atoms with Gasteiger partial charge in [-0.1, -0.05) is 50.2 Å². The largest absolute Gasteiger partial charge is 0.493 e. The molecule has 1 heterocycles. The summed E-state index contributed by atoms with van der Waals surface area (Å²) in [5, 5.41) is 0. The van der Waals surface area contributed by atoms with E-state index >= 15 is 0 Å². The highest BCUT2D eigenvalue weighted by Gasteiger charge is 2.27. The highest BCUT2D eigenvalue weighted by Crippen LogP contribution is 2.42. The second-order valence-corrected chi connectivity index (χ2v) is 13.5. The summed E-state index contributed by atoms with van der Waals surface area (Å²) < 4.78 is 39.3. The molecule has 200 valence electrons. The van der Waals surface area contributed by atoms with Gasteiger partial charge < -0.3 is 9.47 Å². The van der Waals surface area contributed by atoms with Crippen molar-refractivity contribution in [2.24, 2.45) is 0 Å². The standard InChI is InChI=1S/C27H40N2O4S3/c1-4-19-34-27(35-20-5-2)24-11-12-25(26(21-24)32-3)33-18-17-28-13-15-29(16-14-28)36(30,31)22-23-9-7-6-8-10-23/h6-12,21,27H,4-5,13-20,22H2,1-3H3. The predicted octanol–water partition coefficient (Wildman–Crippen LogP) is 5.51. The number of hydrogen-bond donors (Lipinski definition) is 0. The molecule has 1 aliphatic heterocycles. The number of hydrogen-bond acceptors (Lipinski definition) is 7. The molecule has 6 nitrogen and oxygen atoms in total. The number of ether oxygens (including phenoxy) is 2. The summed E-state index contributed by atoms with van der Waals surface area (Å²) in [5.41, 5.74) is 2.09. The van der Waals surface area contributed by atoms with Gasteiger partial charge in [-0.25, -0.2) is 8.42 Å². The highest BCUT2D eigenvalue weighted by molar-refractivity contribution is 8.16. The zero-order valence-electron chi connectivity index (χ0n) is 21.7. The second-order valence-electron chi connectivity index (χ2n) is 8.81. The van der Waals surface area contributed by atoms with Gasteiger partial charge in [-0.15, -0.1) is 23.5 Å². The Morgan fingerprint density at radius 1 is 0.917 bits per heavy atom. The zero-order chi connectivity index (χ0) is 25.8. The van der Waals surface area contributed by atoms with Gasteiger partial charge >= 0.3 is 0 Å². The van der Waals surface area contributed by atoms with Gasteiger partial charge in [-0.3, -0.25) is 4.90 Å². The third-order valence-electron chi connectivity index (χ3n) is 5.99. The summed E-state index contributed by atoms with van der Waals surface area (Å²) in [6, 6.07) is 15.7. The normalized spacial score (nSPS) is 15.3. The van der Waals surface area contributed by atoms with Crippen LogP contribution in [0.15, 0.2) is 48.5 Å². The maximum Gasteiger partial charge on any atom is 0.218 e. The minimum Gasteiger partial charge on any atom is -0.493 e. The molecule has 2 aromatic rings. The average molecular weight is 553 g/mol. The van der Waals surface area contributed by atoms with E-state index in [1.54, 1.807) is 11.4 Å². The van der Waals surface area contributed by atoms with Crippen molar-refractivity contribution in [3.8, 4) is 11.5 Å². The Morgan fingerprint density at radius 2 is 1.58 bits per heavy atom. The van der Waals surface area contributed by atoms with Crippen LogP contribution in [0.2, 0.25) is 0 Å². The van der Waals surface area contributed by atoms with E-state index in [0.29, 0.717) is 37.4 Å². The second kappa shape index (κ2) is 15.1. The van der Waals surface area contributed by atoms with Crippen LogP contribution in [0.4, 0.5) is 0 Å². The van der Waals surface area contributed by atoms with Crippen LogP contribution < -0.4 is 9.47 Å². The lowest BCUT2D eigenvalue weighted by molar-refractivity contribution is 0.157. The molecule has 0 N–H and O–H groups in total. The number of nitrogens with zero attached hydrogens (tertiary/aromatic N) is 2. The van der Waals surface area contributed by atoms with Gasteiger partial charge in [0, 0.05) is 32.7 Å². The molecule has 0 aromatic heterocycles. The average Bonchev–Trinajstić information content (AvgIpc) is 2.89. The summed E-state index contributed by atoms with van der Waals surface area (Å²) in [7, 11) is -1.61. The molecule has 0 aliphatic carbocycles. The van der Waals surface area contributed by atoms with Gasteiger partial charge in [0.2, 0.25) is 10.0 Å². The van der Waals surface area contributed by atoms with Crippen molar-refractivity contribution < 1.29 is 17.9 Å². The van der Waals surface area contributed by atoms with E-state index in [1.165, 1.54) is 18.4 Å². The molecular formula is C27H40N2O4S3. The minimum absolute atomic E-state index is 0.0570. The first kappa shape index (κ1) is 29.2. The fourth-order valence-corrected chi connectivity index (χ4v) is 8.09. The Labute approximate surface area is 226 Å². The van der Waals surface area contributed by atoms with Crippen molar-refractivity contribution in [2.75, 3.05) is 57.9 Å². The quantitative estimate of drug-likeness (QED) is 0.270. The van der Waals surface area contributed by atoms with Crippen LogP contribution in [0.25, 0.3) is 0 Å². The van der Waals surface area contributed by atoms with Gasteiger partial charge in [0.1, 0.15) is 6.61 Å². The van der Waals surface area contributed by atoms with E-state index in [4.69, 9.17) is 9.47 Å². The van der Waals surface area contributed by atoms with Gasteiger partial charge in [0.25, 0.3) is 0 Å². The molecule has 0 radical (unpaired) electrons. The van der Waals surface area contributed by atoms with E-state index in [2.05, 4.69) is 30.9 Å². The lowest BCUT2D eigenvalue weighted by atomic mass is 10.2. The third kappa shape index (κ3) is 8.87. The number of methoxy groups -OCH3 is 1. The summed E-state index contributed by atoms with van der Waals surface area (Å²) in [6.45, 7) is 8.16. The molecule has 2 aromatic carbocycles. The van der Waals surface area contributed by atoms with Crippen LogP contribution in [0.5, 0.6) is 11.5 Å². The highest BCUT2D eigenvalue weighted by atomic mass is 32.2. The summed E-state index contributed by atoms with van der Waals surface area (Å²) in [6.07, 6.45) is 2.33. The minimum atomic E-state index is -3.30. The summed E-state index contributed by atoms with van der Waals surface area (Å²) in [4.78, 5) is 2.26. The summed E-state index contributed by atoms with van der Waals surface area (Å²) in [5.74, 6) is 3.86. The first-order chi connectivity index (χ1) is 17.5. The van der Waals surface area contributed by atoms with Crippen LogP contribution in [-0.4, -0.2) is 75.6 Å². The zero-order valence-corrected chi connectivity index (χ0v) is 24.2. The molecule has 0 spiro atoms. The van der Waals surface area contributed by atoms with Crippen molar-refractivity contribution in [1.29, 1.82) is 0 Å². The molecule has 3 rings (SSSR count). The molecule has 1 saturated heterocycles. The lowest BCUT2D eigenvalue weighted by Crippen LogP contribution is -2.49. The molecule has 36 heavy (non-hydrogen) atoms. The number of piperazine rings is 1. The summed E-state index contributed by atoms with van der Waals surface area (Å²) >= 11 is 3.98.